The molecule has 1 heterocycles. The number of nitrogens with one attached hydrogen (secondary N) is 2. The molecule has 2 N–H and O–H groups in total. The molecule has 2 aromatic carbocycles. The maximum Gasteiger partial charge on any atom is 0.222 e. The van der Waals surface area contributed by atoms with Crippen LogP contribution >= 0.6 is 0 Å². The Hall–Kier alpha value is -2.82. The van der Waals surface area contributed by atoms with Crippen LogP contribution in [0.3, 0.4) is 0 Å². The lowest BCUT2D eigenvalue weighted by Gasteiger charge is -2.30. The van der Waals surface area contributed by atoms with Gasteiger partial charge in [-0.1, -0.05) is 54.6 Å². The van der Waals surface area contributed by atoms with E-state index in [-0.39, 0.29) is 5.91 Å². The van der Waals surface area contributed by atoms with Gasteiger partial charge >= 0.3 is 0 Å². The topological polar surface area (TPSA) is 56.7 Å². The van der Waals surface area contributed by atoms with Crippen molar-refractivity contribution in [2.45, 2.75) is 70.5 Å². The first-order chi connectivity index (χ1) is 15.7. The van der Waals surface area contributed by atoms with Gasteiger partial charge in [0.15, 0.2) is 5.96 Å². The van der Waals surface area contributed by atoms with E-state index < -0.39 is 0 Å². The van der Waals surface area contributed by atoms with Gasteiger partial charge in [0.05, 0.1) is 6.54 Å². The predicted octanol–water partition coefficient (Wildman–Crippen LogP) is 4.59. The van der Waals surface area contributed by atoms with Crippen molar-refractivity contribution in [1.29, 1.82) is 0 Å². The molecule has 2 aromatic rings. The molecule has 0 atom stereocenters. The molecule has 2 fully saturated rings. The molecule has 0 aromatic heterocycles. The molecule has 170 valence electrons. The van der Waals surface area contributed by atoms with Crippen molar-refractivity contribution in [2.24, 2.45) is 4.99 Å². The number of carbonyl (C=O) groups is 1. The summed E-state index contributed by atoms with van der Waals surface area (Å²) in [6, 6.07) is 19.9. The number of likely N-dealkylation sites (tertiary alicyclic amines) is 1. The van der Waals surface area contributed by atoms with Gasteiger partial charge in [0.25, 0.3) is 0 Å². The Morgan fingerprint density at radius 1 is 1.03 bits per heavy atom. The summed E-state index contributed by atoms with van der Waals surface area (Å²) in [6.45, 7) is 5.18. The number of guanidine groups is 1. The highest BCUT2D eigenvalue weighted by Crippen LogP contribution is 2.32. The Kier molecular flexibility index (Phi) is 7.81. The number of benzene rings is 2. The van der Waals surface area contributed by atoms with Crippen molar-refractivity contribution in [3.63, 3.8) is 0 Å². The van der Waals surface area contributed by atoms with E-state index >= 15 is 0 Å². The highest BCUT2D eigenvalue weighted by molar-refractivity contribution is 5.80. The minimum absolute atomic E-state index is 0.272. The van der Waals surface area contributed by atoms with Crippen LogP contribution in [0.4, 0.5) is 0 Å². The maximum absolute atomic E-state index is 11.9. The van der Waals surface area contributed by atoms with Crippen molar-refractivity contribution in [1.82, 2.24) is 15.5 Å². The zero-order chi connectivity index (χ0) is 22.2. The molecule has 0 spiro atoms. The van der Waals surface area contributed by atoms with Gasteiger partial charge < -0.3 is 15.5 Å². The molecule has 1 aliphatic heterocycles. The van der Waals surface area contributed by atoms with Gasteiger partial charge in [-0.25, -0.2) is 4.99 Å². The number of aliphatic imine (C=N–C) groups is 1. The molecule has 0 bridgehead atoms. The number of amides is 1. The van der Waals surface area contributed by atoms with E-state index in [2.05, 4.69) is 72.2 Å². The van der Waals surface area contributed by atoms with Crippen LogP contribution in [0.2, 0.25) is 0 Å². The lowest BCUT2D eigenvalue weighted by atomic mass is 9.82. The molecule has 5 heteroatoms. The number of carbonyl (C=O) groups excluding carboxylic acids is 1. The Morgan fingerprint density at radius 3 is 2.53 bits per heavy atom. The standard InChI is InChI=1S/C27H36N4O/c1-2-28-27(30-25-15-13-24(14-16-25)23-10-4-3-5-11-23)29-19-21-8-6-9-22(18-21)20-31-17-7-12-26(31)32/h3-6,8-11,18,24-25H,2,7,12-17,19-20H2,1H3,(H2,28,29,30). The molecular formula is C27H36N4O. The van der Waals surface area contributed by atoms with E-state index in [1.165, 1.54) is 42.4 Å². The highest BCUT2D eigenvalue weighted by atomic mass is 16.2. The van der Waals surface area contributed by atoms with E-state index in [4.69, 9.17) is 4.99 Å². The van der Waals surface area contributed by atoms with Crippen LogP contribution < -0.4 is 10.6 Å². The van der Waals surface area contributed by atoms with Gasteiger partial charge in [0.1, 0.15) is 0 Å². The zero-order valence-corrected chi connectivity index (χ0v) is 19.2. The van der Waals surface area contributed by atoms with Gasteiger partial charge in [0.2, 0.25) is 5.91 Å². The summed E-state index contributed by atoms with van der Waals surface area (Å²) in [7, 11) is 0. The third-order valence-corrected chi connectivity index (χ3v) is 6.64. The van der Waals surface area contributed by atoms with Crippen molar-refractivity contribution in [3.05, 3.63) is 71.3 Å². The van der Waals surface area contributed by atoms with Crippen LogP contribution in [0.5, 0.6) is 0 Å². The normalized spacial score (nSPS) is 21.6. The largest absolute Gasteiger partial charge is 0.357 e. The molecule has 1 amide bonds. The summed E-state index contributed by atoms with van der Waals surface area (Å²) >= 11 is 0. The lowest BCUT2D eigenvalue weighted by molar-refractivity contribution is -0.128. The highest BCUT2D eigenvalue weighted by Gasteiger charge is 2.23. The van der Waals surface area contributed by atoms with E-state index in [1.807, 2.05) is 4.90 Å². The SMILES string of the molecule is CCNC(=NCc1cccc(CN2CCCC2=O)c1)NC1CCC(c2ccccc2)CC1. The molecule has 32 heavy (non-hydrogen) atoms. The summed E-state index contributed by atoms with van der Waals surface area (Å²) in [6.07, 6.45) is 6.45. The van der Waals surface area contributed by atoms with E-state index in [1.54, 1.807) is 0 Å². The summed E-state index contributed by atoms with van der Waals surface area (Å²) in [4.78, 5) is 18.7. The predicted molar refractivity (Wildman–Crippen MR) is 130 cm³/mol. The van der Waals surface area contributed by atoms with Gasteiger partial charge in [-0.15, -0.1) is 0 Å². The van der Waals surface area contributed by atoms with Crippen molar-refractivity contribution in [2.75, 3.05) is 13.1 Å². The van der Waals surface area contributed by atoms with Gasteiger partial charge in [0, 0.05) is 32.1 Å². The second-order valence-electron chi connectivity index (χ2n) is 9.04. The monoisotopic (exact) mass is 432 g/mol. The molecule has 4 rings (SSSR count). The number of hydrogen-bond donors (Lipinski definition) is 2. The van der Waals surface area contributed by atoms with Crippen LogP contribution in [0, 0.1) is 0 Å². The number of hydrogen-bond acceptors (Lipinski definition) is 2. The van der Waals surface area contributed by atoms with Crippen molar-refractivity contribution in [3.8, 4) is 0 Å². The summed E-state index contributed by atoms with van der Waals surface area (Å²) in [5, 5.41) is 7.07. The smallest absolute Gasteiger partial charge is 0.222 e. The fraction of sp³-hybridized carbons (Fsp3) is 0.481. The number of rotatable bonds is 7. The molecule has 2 aliphatic rings. The fourth-order valence-electron chi connectivity index (χ4n) is 4.90. The Balaban J connectivity index is 1.31. The van der Waals surface area contributed by atoms with Gasteiger partial charge in [-0.05, 0) is 61.6 Å². The number of nitrogens with zero attached hydrogens (tertiary/aromatic N) is 2. The first-order valence-electron chi connectivity index (χ1n) is 12.2. The molecule has 1 saturated heterocycles. The van der Waals surface area contributed by atoms with Crippen LogP contribution in [0.1, 0.15) is 68.1 Å². The molecule has 1 aliphatic carbocycles. The van der Waals surface area contributed by atoms with Crippen molar-refractivity contribution < 1.29 is 4.79 Å². The maximum atomic E-state index is 11.9. The quantitative estimate of drug-likeness (QED) is 0.497. The Bertz CT molecular complexity index is 903. The Labute approximate surface area is 192 Å². The third-order valence-electron chi connectivity index (χ3n) is 6.64. The van der Waals surface area contributed by atoms with E-state index in [0.717, 1.165) is 25.5 Å². The second kappa shape index (κ2) is 11.2. The minimum Gasteiger partial charge on any atom is -0.357 e. The zero-order valence-electron chi connectivity index (χ0n) is 19.2. The lowest BCUT2D eigenvalue weighted by Crippen LogP contribution is -2.44. The van der Waals surface area contributed by atoms with Gasteiger partial charge in [-0.3, -0.25) is 4.79 Å². The minimum atomic E-state index is 0.272. The Morgan fingerprint density at radius 2 is 1.81 bits per heavy atom. The summed E-state index contributed by atoms with van der Waals surface area (Å²) < 4.78 is 0. The molecule has 0 unspecified atom stereocenters. The molecule has 5 nitrogen and oxygen atoms in total. The van der Waals surface area contributed by atoms with Crippen molar-refractivity contribution >= 4 is 11.9 Å². The summed E-state index contributed by atoms with van der Waals surface area (Å²) in [5.41, 5.74) is 3.84. The van der Waals surface area contributed by atoms with E-state index in [9.17, 15) is 4.79 Å². The molecule has 0 radical (unpaired) electrons. The first-order valence-corrected chi connectivity index (χ1v) is 12.2. The van der Waals surface area contributed by atoms with E-state index in [0.29, 0.717) is 31.5 Å². The fourth-order valence-corrected chi connectivity index (χ4v) is 4.90. The van der Waals surface area contributed by atoms with Crippen LogP contribution in [0.15, 0.2) is 59.6 Å². The van der Waals surface area contributed by atoms with Crippen LogP contribution in [-0.2, 0) is 17.9 Å². The first kappa shape index (κ1) is 22.4. The average molecular weight is 433 g/mol. The molecule has 1 saturated carbocycles. The average Bonchev–Trinajstić information content (AvgIpc) is 3.23. The summed E-state index contributed by atoms with van der Waals surface area (Å²) in [5.74, 6) is 1.85. The third kappa shape index (κ3) is 6.12. The molecular weight excluding hydrogens is 396 g/mol. The van der Waals surface area contributed by atoms with Gasteiger partial charge in [-0.2, -0.15) is 0 Å². The van der Waals surface area contributed by atoms with Crippen LogP contribution in [-0.4, -0.2) is 35.9 Å². The second-order valence-corrected chi connectivity index (χ2v) is 9.04. The van der Waals surface area contributed by atoms with Crippen LogP contribution in [0.25, 0.3) is 0 Å².